The molecule has 2 rings (SSSR count). The second-order valence-corrected chi connectivity index (χ2v) is 8.18. The number of benzene rings is 1. The van der Waals surface area contributed by atoms with Gasteiger partial charge in [0.05, 0.1) is 4.90 Å². The zero-order valence-corrected chi connectivity index (χ0v) is 14.2. The van der Waals surface area contributed by atoms with Crippen molar-refractivity contribution in [3.8, 4) is 0 Å². The molecule has 0 spiro atoms. The number of thiophene rings is 1. The average molecular weight is 323 g/mol. The first-order valence-electron chi connectivity index (χ1n) is 7.00. The first-order chi connectivity index (χ1) is 9.91. The molecule has 0 saturated carbocycles. The van der Waals surface area contributed by atoms with E-state index in [4.69, 9.17) is 0 Å². The van der Waals surface area contributed by atoms with Crippen LogP contribution in [0.1, 0.15) is 35.9 Å². The lowest BCUT2D eigenvalue weighted by atomic mass is 10.1. The molecule has 1 unspecified atom stereocenters. The highest BCUT2D eigenvalue weighted by atomic mass is 32.2. The molecule has 1 atom stereocenters. The molecular formula is C16H21NO2S2. The summed E-state index contributed by atoms with van der Waals surface area (Å²) in [6.07, 6.45) is 2.28. The number of hydrogen-bond acceptors (Lipinski definition) is 4. The predicted molar refractivity (Wildman–Crippen MR) is 88.5 cm³/mol. The molecule has 2 aromatic rings. The number of rotatable bonds is 6. The first kappa shape index (κ1) is 16.2. The Hall–Kier alpha value is -1.17. The highest BCUT2D eigenvalue weighted by molar-refractivity contribution is 7.90. The molecule has 0 fully saturated rings. The maximum Gasteiger partial charge on any atom is 0.175 e. The predicted octanol–water partition coefficient (Wildman–Crippen LogP) is 3.56. The highest BCUT2D eigenvalue weighted by Crippen LogP contribution is 2.20. The van der Waals surface area contributed by atoms with E-state index in [1.165, 1.54) is 16.7 Å². The third kappa shape index (κ3) is 4.15. The summed E-state index contributed by atoms with van der Waals surface area (Å²) in [7, 11) is -3.12. The molecular weight excluding hydrogens is 302 g/mol. The summed E-state index contributed by atoms with van der Waals surface area (Å²) < 4.78 is 22.9. The standard InChI is InChI=1S/C16H21NO2S2/c1-4-13-9-10-20-16(13)11-17-12(2)14-5-7-15(8-6-14)21(3,18)19/h5-10,12,17H,4,11H2,1-3H3. The molecule has 0 aliphatic carbocycles. The SMILES string of the molecule is CCc1ccsc1CNC(C)c1ccc(S(C)(=O)=O)cc1. The van der Waals surface area contributed by atoms with Crippen molar-refractivity contribution < 1.29 is 8.42 Å². The van der Waals surface area contributed by atoms with Gasteiger partial charge < -0.3 is 5.32 Å². The van der Waals surface area contributed by atoms with Crippen molar-refractivity contribution in [1.82, 2.24) is 5.32 Å². The third-order valence-electron chi connectivity index (χ3n) is 3.60. The van der Waals surface area contributed by atoms with Gasteiger partial charge in [-0.05, 0) is 48.1 Å². The number of hydrogen-bond donors (Lipinski definition) is 1. The fraction of sp³-hybridized carbons (Fsp3) is 0.375. The smallest absolute Gasteiger partial charge is 0.175 e. The van der Waals surface area contributed by atoms with Gasteiger partial charge >= 0.3 is 0 Å². The van der Waals surface area contributed by atoms with Crippen LogP contribution in [0.5, 0.6) is 0 Å². The minimum absolute atomic E-state index is 0.186. The summed E-state index contributed by atoms with van der Waals surface area (Å²) in [5.74, 6) is 0. The van der Waals surface area contributed by atoms with Crippen LogP contribution < -0.4 is 5.32 Å². The van der Waals surface area contributed by atoms with E-state index in [2.05, 4.69) is 30.6 Å². The van der Waals surface area contributed by atoms with E-state index in [9.17, 15) is 8.42 Å². The van der Waals surface area contributed by atoms with Crippen molar-refractivity contribution in [2.45, 2.75) is 37.8 Å². The normalized spacial score (nSPS) is 13.3. The topological polar surface area (TPSA) is 46.2 Å². The van der Waals surface area contributed by atoms with Crippen molar-refractivity contribution >= 4 is 21.2 Å². The molecule has 0 amide bonds. The van der Waals surface area contributed by atoms with Gasteiger partial charge in [-0.3, -0.25) is 0 Å². The van der Waals surface area contributed by atoms with Crippen LogP contribution in [-0.4, -0.2) is 14.7 Å². The summed E-state index contributed by atoms with van der Waals surface area (Å²) in [5, 5.41) is 5.62. The van der Waals surface area contributed by atoms with Crippen molar-refractivity contribution in [2.75, 3.05) is 6.26 Å². The van der Waals surface area contributed by atoms with Gasteiger partial charge in [-0.2, -0.15) is 0 Å². The lowest BCUT2D eigenvalue weighted by Gasteiger charge is -2.14. The first-order valence-corrected chi connectivity index (χ1v) is 9.77. The largest absolute Gasteiger partial charge is 0.305 e. The van der Waals surface area contributed by atoms with E-state index in [0.29, 0.717) is 4.90 Å². The van der Waals surface area contributed by atoms with E-state index >= 15 is 0 Å². The second-order valence-electron chi connectivity index (χ2n) is 5.17. The fourth-order valence-electron chi connectivity index (χ4n) is 2.20. The van der Waals surface area contributed by atoms with E-state index < -0.39 is 9.84 Å². The molecule has 0 aliphatic heterocycles. The molecule has 1 aromatic carbocycles. The Labute approximate surface area is 130 Å². The average Bonchev–Trinajstić information content (AvgIpc) is 2.91. The van der Waals surface area contributed by atoms with Gasteiger partial charge in [-0.1, -0.05) is 19.1 Å². The molecule has 1 heterocycles. The van der Waals surface area contributed by atoms with Crippen LogP contribution in [0.4, 0.5) is 0 Å². The van der Waals surface area contributed by atoms with Crippen LogP contribution in [0.25, 0.3) is 0 Å². The van der Waals surface area contributed by atoms with Gasteiger partial charge in [0.15, 0.2) is 9.84 Å². The zero-order chi connectivity index (χ0) is 15.5. The lowest BCUT2D eigenvalue weighted by Crippen LogP contribution is -2.18. The molecule has 0 saturated heterocycles. The number of sulfone groups is 1. The zero-order valence-electron chi connectivity index (χ0n) is 12.6. The summed E-state index contributed by atoms with van der Waals surface area (Å²) in [6, 6.07) is 9.46. The summed E-state index contributed by atoms with van der Waals surface area (Å²) in [6.45, 7) is 5.10. The molecule has 0 bridgehead atoms. The highest BCUT2D eigenvalue weighted by Gasteiger charge is 2.10. The lowest BCUT2D eigenvalue weighted by molar-refractivity contribution is 0.576. The van der Waals surface area contributed by atoms with E-state index in [-0.39, 0.29) is 6.04 Å². The quantitative estimate of drug-likeness (QED) is 0.884. The number of nitrogens with one attached hydrogen (secondary N) is 1. The molecule has 1 aromatic heterocycles. The summed E-state index contributed by atoms with van der Waals surface area (Å²) >= 11 is 1.78. The Bertz CT molecular complexity index is 687. The molecule has 5 heteroatoms. The van der Waals surface area contributed by atoms with Crippen LogP contribution in [0.2, 0.25) is 0 Å². The Morgan fingerprint density at radius 3 is 2.43 bits per heavy atom. The van der Waals surface area contributed by atoms with Crippen LogP contribution >= 0.6 is 11.3 Å². The minimum Gasteiger partial charge on any atom is -0.305 e. The molecule has 1 N–H and O–H groups in total. The maximum absolute atomic E-state index is 11.5. The fourth-order valence-corrected chi connectivity index (χ4v) is 3.76. The molecule has 114 valence electrons. The summed E-state index contributed by atoms with van der Waals surface area (Å²) in [5.41, 5.74) is 2.49. The molecule has 21 heavy (non-hydrogen) atoms. The second kappa shape index (κ2) is 6.73. The maximum atomic E-state index is 11.5. The van der Waals surface area contributed by atoms with Crippen molar-refractivity contribution in [1.29, 1.82) is 0 Å². The van der Waals surface area contributed by atoms with Crippen molar-refractivity contribution in [3.63, 3.8) is 0 Å². The minimum atomic E-state index is -3.12. The third-order valence-corrected chi connectivity index (χ3v) is 5.69. The van der Waals surface area contributed by atoms with Gasteiger partial charge in [0.25, 0.3) is 0 Å². The Kier molecular flexibility index (Phi) is 5.19. The van der Waals surface area contributed by atoms with Gasteiger partial charge in [0.2, 0.25) is 0 Å². The number of aryl methyl sites for hydroxylation is 1. The Balaban J connectivity index is 2.02. The van der Waals surface area contributed by atoms with E-state index in [1.807, 2.05) is 12.1 Å². The van der Waals surface area contributed by atoms with E-state index in [0.717, 1.165) is 18.5 Å². The summed E-state index contributed by atoms with van der Waals surface area (Å²) in [4.78, 5) is 1.74. The monoisotopic (exact) mass is 323 g/mol. The molecule has 0 aliphatic rings. The van der Waals surface area contributed by atoms with Gasteiger partial charge in [-0.25, -0.2) is 8.42 Å². The molecule has 3 nitrogen and oxygen atoms in total. The Morgan fingerprint density at radius 1 is 1.19 bits per heavy atom. The van der Waals surface area contributed by atoms with Gasteiger partial charge in [0.1, 0.15) is 0 Å². The molecule has 0 radical (unpaired) electrons. The van der Waals surface area contributed by atoms with Crippen LogP contribution in [-0.2, 0) is 22.8 Å². The van der Waals surface area contributed by atoms with Crippen LogP contribution in [0.3, 0.4) is 0 Å². The van der Waals surface area contributed by atoms with E-state index in [1.54, 1.807) is 23.5 Å². The van der Waals surface area contributed by atoms with Crippen LogP contribution in [0.15, 0.2) is 40.6 Å². The van der Waals surface area contributed by atoms with Crippen LogP contribution in [0, 0.1) is 0 Å². The van der Waals surface area contributed by atoms with Crippen molar-refractivity contribution in [2.24, 2.45) is 0 Å². The Morgan fingerprint density at radius 2 is 1.86 bits per heavy atom. The van der Waals surface area contributed by atoms with Gasteiger partial charge in [0, 0.05) is 23.7 Å². The van der Waals surface area contributed by atoms with Gasteiger partial charge in [-0.15, -0.1) is 11.3 Å². The van der Waals surface area contributed by atoms with Crippen molar-refractivity contribution in [3.05, 3.63) is 51.7 Å².